The van der Waals surface area contributed by atoms with E-state index in [1.165, 1.54) is 13.0 Å². The number of hydrogen-bond acceptors (Lipinski definition) is 6. The summed E-state index contributed by atoms with van der Waals surface area (Å²) in [5, 5.41) is 20.1. The van der Waals surface area contributed by atoms with Gasteiger partial charge in [-0.15, -0.1) is 0 Å². The molecule has 0 aliphatic carbocycles. The standard InChI is InChI=1S/C14H13NO5S/c1-9(17)13-8-11(15(18)19)14(21-13)20-12-5-3-2-4-10(12)6-7-16/h2-5,8,16H,6-7H2,1H3. The van der Waals surface area contributed by atoms with Gasteiger partial charge < -0.3 is 9.84 Å². The Morgan fingerprint density at radius 2 is 2.14 bits per heavy atom. The highest BCUT2D eigenvalue weighted by Crippen LogP contribution is 2.40. The lowest BCUT2D eigenvalue weighted by atomic mass is 10.1. The van der Waals surface area contributed by atoms with Gasteiger partial charge in [0.15, 0.2) is 5.78 Å². The number of Topliss-reactive ketones (excluding diaryl/α,β-unsaturated/α-hetero) is 1. The van der Waals surface area contributed by atoms with Gasteiger partial charge in [-0.3, -0.25) is 14.9 Å². The number of ether oxygens (including phenoxy) is 1. The lowest BCUT2D eigenvalue weighted by Crippen LogP contribution is -1.95. The fourth-order valence-electron chi connectivity index (χ4n) is 1.77. The summed E-state index contributed by atoms with van der Waals surface area (Å²) < 4.78 is 5.60. The Morgan fingerprint density at radius 1 is 1.43 bits per heavy atom. The third-order valence-corrected chi connectivity index (χ3v) is 3.88. The maximum Gasteiger partial charge on any atom is 0.323 e. The molecule has 0 saturated heterocycles. The molecule has 0 atom stereocenters. The Kier molecular flexibility index (Phi) is 4.66. The van der Waals surface area contributed by atoms with Crippen molar-refractivity contribution >= 4 is 22.8 Å². The number of benzene rings is 1. The lowest BCUT2D eigenvalue weighted by Gasteiger charge is -2.08. The highest BCUT2D eigenvalue weighted by molar-refractivity contribution is 7.16. The van der Waals surface area contributed by atoms with Crippen LogP contribution in [0.2, 0.25) is 0 Å². The Labute approximate surface area is 124 Å². The average molecular weight is 307 g/mol. The molecular formula is C14H13NO5S. The number of hydrogen-bond donors (Lipinski definition) is 1. The van der Waals surface area contributed by atoms with Gasteiger partial charge in [0.25, 0.3) is 5.06 Å². The summed E-state index contributed by atoms with van der Waals surface area (Å²) in [7, 11) is 0. The van der Waals surface area contributed by atoms with Crippen molar-refractivity contribution in [1.82, 2.24) is 0 Å². The van der Waals surface area contributed by atoms with E-state index in [1.54, 1.807) is 24.3 Å². The molecule has 0 amide bonds. The van der Waals surface area contributed by atoms with Crippen LogP contribution in [0.1, 0.15) is 22.2 Å². The molecule has 0 aliphatic rings. The first-order chi connectivity index (χ1) is 10.0. The SMILES string of the molecule is CC(=O)c1cc([N+](=O)[O-])c(Oc2ccccc2CCO)s1. The normalized spacial score (nSPS) is 10.4. The number of rotatable bonds is 6. The molecule has 0 radical (unpaired) electrons. The molecule has 0 aliphatic heterocycles. The largest absolute Gasteiger partial charge is 0.440 e. The first-order valence-corrected chi connectivity index (χ1v) is 7.00. The van der Waals surface area contributed by atoms with E-state index in [4.69, 9.17) is 9.84 Å². The third kappa shape index (κ3) is 3.45. The van der Waals surface area contributed by atoms with Crippen LogP contribution < -0.4 is 4.74 Å². The zero-order valence-corrected chi connectivity index (χ0v) is 12.1. The summed E-state index contributed by atoms with van der Waals surface area (Å²) >= 11 is 0.942. The van der Waals surface area contributed by atoms with Crippen LogP contribution in [0.5, 0.6) is 10.8 Å². The highest BCUT2D eigenvalue weighted by Gasteiger charge is 2.23. The maximum absolute atomic E-state index is 11.4. The predicted molar refractivity (Wildman–Crippen MR) is 78.3 cm³/mol. The van der Waals surface area contributed by atoms with E-state index in [2.05, 4.69) is 0 Å². The van der Waals surface area contributed by atoms with Gasteiger partial charge in [-0.25, -0.2) is 0 Å². The summed E-state index contributed by atoms with van der Waals surface area (Å²) in [5.74, 6) is 0.188. The van der Waals surface area contributed by atoms with Crippen LogP contribution in [0.25, 0.3) is 0 Å². The fourth-order valence-corrected chi connectivity index (χ4v) is 2.65. The number of nitro groups is 1. The van der Waals surface area contributed by atoms with E-state index in [0.717, 1.165) is 16.9 Å². The van der Waals surface area contributed by atoms with Crippen molar-refractivity contribution in [1.29, 1.82) is 0 Å². The number of aliphatic hydroxyl groups is 1. The van der Waals surface area contributed by atoms with Crippen molar-refractivity contribution in [3.63, 3.8) is 0 Å². The van der Waals surface area contributed by atoms with Gasteiger partial charge >= 0.3 is 5.69 Å². The molecule has 1 heterocycles. The van der Waals surface area contributed by atoms with Crippen molar-refractivity contribution in [3.05, 3.63) is 50.9 Å². The number of carbonyl (C=O) groups is 1. The molecule has 0 fully saturated rings. The highest BCUT2D eigenvalue weighted by atomic mass is 32.1. The van der Waals surface area contributed by atoms with Gasteiger partial charge in [-0.2, -0.15) is 0 Å². The summed E-state index contributed by atoms with van der Waals surface area (Å²) in [4.78, 5) is 22.1. The van der Waals surface area contributed by atoms with Crippen LogP contribution in [0, 0.1) is 10.1 Å². The van der Waals surface area contributed by atoms with Crippen molar-refractivity contribution in [2.24, 2.45) is 0 Å². The number of carbonyl (C=O) groups excluding carboxylic acids is 1. The Hall–Kier alpha value is -2.25. The van der Waals surface area contributed by atoms with Gasteiger partial charge in [0.05, 0.1) is 9.80 Å². The quantitative estimate of drug-likeness (QED) is 0.503. The predicted octanol–water partition coefficient (Wildman–Crippen LogP) is 3.19. The zero-order chi connectivity index (χ0) is 15.4. The number of nitrogens with zero attached hydrogens (tertiary/aromatic N) is 1. The second-order valence-electron chi connectivity index (χ2n) is 4.28. The summed E-state index contributed by atoms with van der Waals surface area (Å²) in [6.07, 6.45) is 0.384. The van der Waals surface area contributed by atoms with Crippen molar-refractivity contribution in [3.8, 4) is 10.8 Å². The van der Waals surface area contributed by atoms with Gasteiger partial charge in [0.2, 0.25) is 0 Å². The molecule has 1 aromatic carbocycles. The van der Waals surface area contributed by atoms with Crippen LogP contribution in [-0.4, -0.2) is 22.4 Å². The molecule has 110 valence electrons. The molecule has 0 spiro atoms. The first kappa shape index (κ1) is 15.1. The molecule has 7 heteroatoms. The molecule has 2 rings (SSSR count). The summed E-state index contributed by atoms with van der Waals surface area (Å²) in [5.41, 5.74) is 0.510. The summed E-state index contributed by atoms with van der Waals surface area (Å²) in [6.45, 7) is 1.30. The maximum atomic E-state index is 11.4. The second kappa shape index (κ2) is 6.47. The molecule has 1 N–H and O–H groups in total. The number of aliphatic hydroxyl groups excluding tert-OH is 1. The molecule has 6 nitrogen and oxygen atoms in total. The van der Waals surface area contributed by atoms with Crippen LogP contribution >= 0.6 is 11.3 Å². The Balaban J connectivity index is 2.39. The van der Waals surface area contributed by atoms with Crippen molar-refractivity contribution in [2.75, 3.05) is 6.61 Å². The smallest absolute Gasteiger partial charge is 0.323 e. The molecule has 2 aromatic rings. The van der Waals surface area contributed by atoms with Crippen molar-refractivity contribution < 1.29 is 19.6 Å². The van der Waals surface area contributed by atoms with Gasteiger partial charge in [-0.05, 0) is 25.0 Å². The van der Waals surface area contributed by atoms with E-state index in [9.17, 15) is 14.9 Å². The molecule has 1 aromatic heterocycles. The van der Waals surface area contributed by atoms with E-state index >= 15 is 0 Å². The number of thiophene rings is 1. The number of ketones is 1. The molecule has 0 unspecified atom stereocenters. The minimum Gasteiger partial charge on any atom is -0.440 e. The lowest BCUT2D eigenvalue weighted by molar-refractivity contribution is -0.385. The zero-order valence-electron chi connectivity index (χ0n) is 11.2. The van der Waals surface area contributed by atoms with Gasteiger partial charge in [0, 0.05) is 12.7 Å². The minimum absolute atomic E-state index is 0.0500. The van der Waals surface area contributed by atoms with Gasteiger partial charge in [-0.1, -0.05) is 29.5 Å². The second-order valence-corrected chi connectivity index (χ2v) is 5.29. The van der Waals surface area contributed by atoms with E-state index in [1.807, 2.05) is 0 Å². The van der Waals surface area contributed by atoms with E-state index < -0.39 is 4.92 Å². The molecular weight excluding hydrogens is 294 g/mol. The van der Waals surface area contributed by atoms with Crippen LogP contribution in [0.15, 0.2) is 30.3 Å². The topological polar surface area (TPSA) is 89.7 Å². The fraction of sp³-hybridized carbons (Fsp3) is 0.214. The summed E-state index contributed by atoms with van der Waals surface area (Å²) in [6, 6.07) is 8.19. The Morgan fingerprint density at radius 3 is 2.76 bits per heavy atom. The van der Waals surface area contributed by atoms with Crippen molar-refractivity contribution in [2.45, 2.75) is 13.3 Å². The monoisotopic (exact) mass is 307 g/mol. The molecule has 21 heavy (non-hydrogen) atoms. The first-order valence-electron chi connectivity index (χ1n) is 6.18. The number of para-hydroxylation sites is 1. The average Bonchev–Trinajstić information content (AvgIpc) is 2.85. The van der Waals surface area contributed by atoms with Crippen LogP contribution in [0.4, 0.5) is 5.69 Å². The van der Waals surface area contributed by atoms with Gasteiger partial charge in [0.1, 0.15) is 5.75 Å². The van der Waals surface area contributed by atoms with E-state index in [-0.39, 0.29) is 28.0 Å². The van der Waals surface area contributed by atoms with Crippen LogP contribution in [-0.2, 0) is 6.42 Å². The Bertz CT molecular complexity index is 680. The molecule has 0 bridgehead atoms. The molecule has 0 saturated carbocycles. The third-order valence-electron chi connectivity index (χ3n) is 2.78. The minimum atomic E-state index is -0.576. The van der Waals surface area contributed by atoms with E-state index in [0.29, 0.717) is 12.2 Å². The van der Waals surface area contributed by atoms with Crippen LogP contribution in [0.3, 0.4) is 0 Å².